The van der Waals surface area contributed by atoms with Crippen molar-refractivity contribution in [1.82, 2.24) is 0 Å². The van der Waals surface area contributed by atoms with E-state index in [1.165, 1.54) is 26.4 Å². The van der Waals surface area contributed by atoms with E-state index in [0.29, 0.717) is 30.4 Å². The number of hydrogen-bond acceptors (Lipinski definition) is 4. The molecule has 0 N–H and O–H groups in total. The normalized spacial score (nSPS) is 16.5. The van der Waals surface area contributed by atoms with Crippen LogP contribution in [0.4, 0.5) is 8.78 Å². The summed E-state index contributed by atoms with van der Waals surface area (Å²) < 4.78 is 41.1. The molecule has 0 bridgehead atoms. The van der Waals surface area contributed by atoms with Gasteiger partial charge in [-0.15, -0.1) is 0 Å². The van der Waals surface area contributed by atoms with Gasteiger partial charge in [-0.05, 0) is 23.8 Å². The summed E-state index contributed by atoms with van der Waals surface area (Å²) in [6.07, 6.45) is -2.94. The number of ether oxygens (including phenoxy) is 3. The number of benzene rings is 2. The number of rotatable bonds is 5. The van der Waals surface area contributed by atoms with Crippen LogP contribution in [0.3, 0.4) is 0 Å². The average molecular weight is 348 g/mol. The van der Waals surface area contributed by atoms with E-state index in [9.17, 15) is 13.6 Å². The molecule has 0 fully saturated rings. The molecule has 0 saturated heterocycles. The summed E-state index contributed by atoms with van der Waals surface area (Å²) in [7, 11) is 3.06. The quantitative estimate of drug-likeness (QED) is 0.803. The number of alkyl halides is 2. The van der Waals surface area contributed by atoms with Crippen LogP contribution in [0.2, 0.25) is 0 Å². The van der Waals surface area contributed by atoms with Crippen LogP contribution in [0.25, 0.3) is 0 Å². The minimum atomic E-state index is -3.24. The Morgan fingerprint density at radius 1 is 1.04 bits per heavy atom. The number of Topliss-reactive ketones (excluding diaryl/α,β-unsaturated/α-hetero) is 1. The molecule has 4 nitrogen and oxygen atoms in total. The number of ketones is 1. The van der Waals surface area contributed by atoms with Crippen LogP contribution in [0, 0.1) is 0 Å². The first-order valence-electron chi connectivity index (χ1n) is 7.78. The van der Waals surface area contributed by atoms with E-state index >= 15 is 0 Å². The molecule has 25 heavy (non-hydrogen) atoms. The third-order valence-electron chi connectivity index (χ3n) is 4.19. The number of methoxy groups -OCH3 is 2. The van der Waals surface area contributed by atoms with Crippen molar-refractivity contribution >= 4 is 5.78 Å². The minimum absolute atomic E-state index is 0.00221. The largest absolute Gasteiger partial charge is 0.497 e. The van der Waals surface area contributed by atoms with Gasteiger partial charge < -0.3 is 14.2 Å². The Kier molecular flexibility index (Phi) is 4.37. The number of fused-ring (bicyclic) bond motifs is 1. The van der Waals surface area contributed by atoms with Crippen molar-refractivity contribution in [3.8, 4) is 17.2 Å². The molecule has 1 unspecified atom stereocenters. The molecule has 1 aliphatic carbocycles. The average Bonchev–Trinajstić information content (AvgIpc) is 2.90. The SMILES string of the molecule is COc1cc(OC)c2c(c1)C(=O)CC2c1ccc(OC(C)(F)F)cc1. The maximum absolute atomic E-state index is 12.9. The van der Waals surface area contributed by atoms with Crippen molar-refractivity contribution in [3.05, 3.63) is 53.1 Å². The lowest BCUT2D eigenvalue weighted by Gasteiger charge is -2.17. The Labute approximate surface area is 144 Å². The maximum atomic E-state index is 12.9. The molecule has 2 aromatic carbocycles. The molecule has 0 radical (unpaired) electrons. The zero-order chi connectivity index (χ0) is 18.2. The molecule has 0 spiro atoms. The fraction of sp³-hybridized carbons (Fsp3) is 0.316. The third kappa shape index (κ3) is 3.43. The van der Waals surface area contributed by atoms with E-state index in [2.05, 4.69) is 4.74 Å². The molecule has 0 amide bonds. The van der Waals surface area contributed by atoms with Crippen molar-refractivity contribution in [2.24, 2.45) is 0 Å². The molecular formula is C19H18F2O4. The van der Waals surface area contributed by atoms with Gasteiger partial charge in [-0.25, -0.2) is 0 Å². The molecule has 0 heterocycles. The summed E-state index contributed by atoms with van der Waals surface area (Å²) >= 11 is 0. The summed E-state index contributed by atoms with van der Waals surface area (Å²) in [5.41, 5.74) is 2.20. The fourth-order valence-corrected chi connectivity index (χ4v) is 3.14. The highest BCUT2D eigenvalue weighted by atomic mass is 19.3. The molecule has 0 saturated carbocycles. The van der Waals surface area contributed by atoms with Gasteiger partial charge in [0.05, 0.1) is 14.2 Å². The molecule has 0 aromatic heterocycles. The van der Waals surface area contributed by atoms with Gasteiger partial charge in [-0.1, -0.05) is 12.1 Å². The Bertz CT molecular complexity index is 794. The van der Waals surface area contributed by atoms with Crippen molar-refractivity contribution < 1.29 is 27.8 Å². The number of carbonyl (C=O) groups is 1. The van der Waals surface area contributed by atoms with Crippen LogP contribution >= 0.6 is 0 Å². The second-order valence-electron chi connectivity index (χ2n) is 5.95. The Morgan fingerprint density at radius 2 is 1.72 bits per heavy atom. The van der Waals surface area contributed by atoms with Gasteiger partial charge in [0.15, 0.2) is 5.78 Å². The molecule has 3 rings (SSSR count). The molecule has 0 aliphatic heterocycles. The molecule has 2 aromatic rings. The fourth-order valence-electron chi connectivity index (χ4n) is 3.14. The summed E-state index contributed by atoms with van der Waals surface area (Å²) in [6.45, 7) is 0.686. The number of halogens is 2. The van der Waals surface area contributed by atoms with Crippen LogP contribution in [0.1, 0.15) is 40.7 Å². The van der Waals surface area contributed by atoms with Crippen molar-refractivity contribution in [3.63, 3.8) is 0 Å². The van der Waals surface area contributed by atoms with Crippen LogP contribution in [-0.2, 0) is 0 Å². The second kappa shape index (κ2) is 6.35. The van der Waals surface area contributed by atoms with Crippen LogP contribution in [-0.4, -0.2) is 26.1 Å². The highest BCUT2D eigenvalue weighted by Gasteiger charge is 2.34. The molecule has 132 valence electrons. The summed E-state index contributed by atoms with van der Waals surface area (Å²) in [6, 6.07) is 9.78. The first kappa shape index (κ1) is 17.2. The predicted octanol–water partition coefficient (Wildman–Crippen LogP) is 4.41. The standard InChI is InChI=1S/C19H18F2O4/c1-19(20,21)25-12-6-4-11(5-7-12)14-10-16(22)15-8-13(23-2)9-17(24-3)18(14)15/h4-9,14H,10H2,1-3H3. The lowest BCUT2D eigenvalue weighted by Crippen LogP contribution is -2.19. The lowest BCUT2D eigenvalue weighted by molar-refractivity contribution is -0.158. The van der Waals surface area contributed by atoms with E-state index in [1.807, 2.05) is 0 Å². The van der Waals surface area contributed by atoms with E-state index in [4.69, 9.17) is 9.47 Å². The van der Waals surface area contributed by atoms with Crippen LogP contribution in [0.15, 0.2) is 36.4 Å². The Morgan fingerprint density at radius 3 is 2.28 bits per heavy atom. The molecular weight excluding hydrogens is 330 g/mol. The lowest BCUT2D eigenvalue weighted by atomic mass is 9.92. The Balaban J connectivity index is 1.97. The van der Waals surface area contributed by atoms with E-state index in [0.717, 1.165) is 11.1 Å². The molecule has 1 aliphatic rings. The van der Waals surface area contributed by atoms with Crippen molar-refractivity contribution in [2.75, 3.05) is 14.2 Å². The van der Waals surface area contributed by atoms with Gasteiger partial charge in [-0.3, -0.25) is 4.79 Å². The monoisotopic (exact) mass is 348 g/mol. The van der Waals surface area contributed by atoms with Gasteiger partial charge in [0.25, 0.3) is 0 Å². The maximum Gasteiger partial charge on any atom is 0.394 e. The van der Waals surface area contributed by atoms with Gasteiger partial charge >= 0.3 is 6.11 Å². The zero-order valence-corrected chi connectivity index (χ0v) is 14.1. The zero-order valence-electron chi connectivity index (χ0n) is 14.1. The Hall–Kier alpha value is -2.63. The summed E-state index contributed by atoms with van der Waals surface area (Å²) in [4.78, 5) is 12.4. The van der Waals surface area contributed by atoms with Gasteiger partial charge in [0, 0.05) is 36.5 Å². The van der Waals surface area contributed by atoms with E-state index < -0.39 is 6.11 Å². The van der Waals surface area contributed by atoms with Gasteiger partial charge in [0.1, 0.15) is 17.2 Å². The van der Waals surface area contributed by atoms with Crippen LogP contribution in [0.5, 0.6) is 17.2 Å². The van der Waals surface area contributed by atoms with Gasteiger partial charge in [-0.2, -0.15) is 8.78 Å². The third-order valence-corrected chi connectivity index (χ3v) is 4.19. The van der Waals surface area contributed by atoms with Crippen molar-refractivity contribution in [2.45, 2.75) is 25.4 Å². The predicted molar refractivity (Wildman–Crippen MR) is 88.0 cm³/mol. The smallest absolute Gasteiger partial charge is 0.394 e. The minimum Gasteiger partial charge on any atom is -0.497 e. The summed E-state index contributed by atoms with van der Waals surface area (Å²) in [5, 5.41) is 0. The highest BCUT2D eigenvalue weighted by molar-refractivity contribution is 6.03. The van der Waals surface area contributed by atoms with Crippen molar-refractivity contribution in [1.29, 1.82) is 0 Å². The highest BCUT2D eigenvalue weighted by Crippen LogP contribution is 2.45. The number of carbonyl (C=O) groups excluding carboxylic acids is 1. The summed E-state index contributed by atoms with van der Waals surface area (Å²) in [5.74, 6) is 1.00. The van der Waals surface area contributed by atoms with Gasteiger partial charge in [0.2, 0.25) is 0 Å². The topological polar surface area (TPSA) is 44.8 Å². The van der Waals surface area contributed by atoms with E-state index in [1.54, 1.807) is 24.3 Å². The number of hydrogen-bond donors (Lipinski definition) is 0. The van der Waals surface area contributed by atoms with Crippen LogP contribution < -0.4 is 14.2 Å². The molecule has 6 heteroatoms. The molecule has 1 atom stereocenters. The first-order valence-corrected chi connectivity index (χ1v) is 7.78. The second-order valence-corrected chi connectivity index (χ2v) is 5.95. The first-order chi connectivity index (χ1) is 11.8. The van der Waals surface area contributed by atoms with E-state index in [-0.39, 0.29) is 17.5 Å².